The molecular formula is C9H12ClNO3. The van der Waals surface area contributed by atoms with Crippen LogP contribution in [0.25, 0.3) is 0 Å². The first kappa shape index (κ1) is 12.9. The number of hydrogen-bond acceptors (Lipinski definition) is 3. The van der Waals surface area contributed by atoms with Gasteiger partial charge in [0.15, 0.2) is 0 Å². The second-order valence-corrected chi connectivity index (χ2v) is 2.72. The van der Waals surface area contributed by atoms with Crippen molar-refractivity contribution in [3.63, 3.8) is 0 Å². The molecule has 0 aromatic heterocycles. The van der Waals surface area contributed by atoms with Crippen molar-refractivity contribution in [3.8, 4) is 0 Å². The maximum atomic E-state index is 10.4. The van der Waals surface area contributed by atoms with Gasteiger partial charge >= 0.3 is 5.97 Å². The van der Waals surface area contributed by atoms with E-state index in [9.17, 15) is 9.90 Å². The lowest BCUT2D eigenvalue weighted by Gasteiger charge is -2.14. The summed E-state index contributed by atoms with van der Waals surface area (Å²) in [6, 6.07) is 7.20. The molecule has 0 amide bonds. The topological polar surface area (TPSA) is 83.6 Å². The van der Waals surface area contributed by atoms with Crippen LogP contribution in [0.1, 0.15) is 11.7 Å². The normalized spacial score (nSPS) is 13.9. The van der Waals surface area contributed by atoms with Crippen LogP contribution in [0.5, 0.6) is 0 Å². The Kier molecular flexibility index (Phi) is 5.15. The van der Waals surface area contributed by atoms with Crippen LogP contribution in [-0.2, 0) is 4.79 Å². The maximum absolute atomic E-state index is 10.4. The lowest BCUT2D eigenvalue weighted by Crippen LogP contribution is -2.36. The fourth-order valence-electron chi connectivity index (χ4n) is 0.993. The number of rotatable bonds is 3. The number of carbonyl (C=O) groups is 1. The van der Waals surface area contributed by atoms with Crippen molar-refractivity contribution >= 4 is 18.4 Å². The molecule has 1 aromatic rings. The van der Waals surface area contributed by atoms with Crippen molar-refractivity contribution in [2.75, 3.05) is 0 Å². The van der Waals surface area contributed by atoms with Crippen LogP contribution in [0.15, 0.2) is 30.3 Å². The summed E-state index contributed by atoms with van der Waals surface area (Å²) in [5.74, 6) is -1.21. The molecule has 0 bridgehead atoms. The molecule has 0 saturated heterocycles. The van der Waals surface area contributed by atoms with E-state index in [1.807, 2.05) is 0 Å². The third-order valence-electron chi connectivity index (χ3n) is 1.77. The number of hydrogen-bond donors (Lipinski definition) is 3. The SMILES string of the molecule is Cl.N[C@H](C(=O)O)C(O)c1ccccc1. The lowest BCUT2D eigenvalue weighted by molar-refractivity contribution is -0.141. The average molecular weight is 218 g/mol. The van der Waals surface area contributed by atoms with Crippen LogP contribution in [0.3, 0.4) is 0 Å². The van der Waals surface area contributed by atoms with E-state index in [0.29, 0.717) is 5.56 Å². The fourth-order valence-corrected chi connectivity index (χ4v) is 0.993. The number of nitrogens with two attached hydrogens (primary N) is 1. The highest BCUT2D eigenvalue weighted by Crippen LogP contribution is 2.14. The quantitative estimate of drug-likeness (QED) is 0.691. The van der Waals surface area contributed by atoms with E-state index in [2.05, 4.69) is 0 Å². The molecular weight excluding hydrogens is 206 g/mol. The summed E-state index contributed by atoms with van der Waals surface area (Å²) in [6.45, 7) is 0. The Balaban J connectivity index is 0.00000169. The molecule has 0 fully saturated rings. The zero-order valence-electron chi connectivity index (χ0n) is 7.33. The average Bonchev–Trinajstić information content (AvgIpc) is 2.17. The van der Waals surface area contributed by atoms with Gasteiger partial charge in [0, 0.05) is 0 Å². The van der Waals surface area contributed by atoms with E-state index in [1.165, 1.54) is 0 Å². The molecule has 1 aromatic carbocycles. The molecule has 1 unspecified atom stereocenters. The molecule has 1 rings (SSSR count). The number of aliphatic hydroxyl groups excluding tert-OH is 1. The number of aliphatic carboxylic acids is 1. The van der Waals surface area contributed by atoms with Gasteiger partial charge in [-0.15, -0.1) is 12.4 Å². The Morgan fingerprint density at radius 1 is 1.29 bits per heavy atom. The molecule has 0 radical (unpaired) electrons. The van der Waals surface area contributed by atoms with E-state index < -0.39 is 18.1 Å². The van der Waals surface area contributed by atoms with Crippen LogP contribution in [0, 0.1) is 0 Å². The lowest BCUT2D eigenvalue weighted by atomic mass is 10.0. The predicted octanol–water partition coefficient (Wildman–Crippen LogP) is 0.554. The fraction of sp³-hybridized carbons (Fsp3) is 0.222. The smallest absolute Gasteiger partial charge is 0.323 e. The van der Waals surface area contributed by atoms with Gasteiger partial charge in [-0.2, -0.15) is 0 Å². The third kappa shape index (κ3) is 2.99. The Bertz CT molecular complexity index is 291. The monoisotopic (exact) mass is 217 g/mol. The minimum Gasteiger partial charge on any atom is -0.480 e. The highest BCUT2D eigenvalue weighted by Gasteiger charge is 2.22. The molecule has 4 N–H and O–H groups in total. The summed E-state index contributed by atoms with van der Waals surface area (Å²) in [6.07, 6.45) is -1.15. The molecule has 4 nitrogen and oxygen atoms in total. The van der Waals surface area contributed by atoms with E-state index in [1.54, 1.807) is 30.3 Å². The molecule has 14 heavy (non-hydrogen) atoms. The van der Waals surface area contributed by atoms with Gasteiger partial charge in [-0.05, 0) is 5.56 Å². The molecule has 78 valence electrons. The zero-order chi connectivity index (χ0) is 9.84. The Morgan fingerprint density at radius 3 is 2.21 bits per heavy atom. The first-order valence-corrected chi connectivity index (χ1v) is 3.84. The second kappa shape index (κ2) is 5.59. The molecule has 0 aliphatic heterocycles. The second-order valence-electron chi connectivity index (χ2n) is 2.72. The molecule has 0 saturated carbocycles. The summed E-state index contributed by atoms with van der Waals surface area (Å²) >= 11 is 0. The number of carboxylic acid groups (broad SMARTS) is 1. The van der Waals surface area contributed by atoms with Crippen molar-refractivity contribution in [2.24, 2.45) is 5.73 Å². The van der Waals surface area contributed by atoms with Gasteiger partial charge in [0.2, 0.25) is 0 Å². The van der Waals surface area contributed by atoms with Gasteiger partial charge in [-0.25, -0.2) is 0 Å². The van der Waals surface area contributed by atoms with Crippen LogP contribution < -0.4 is 5.73 Å². The minimum atomic E-state index is -1.28. The molecule has 0 spiro atoms. The van der Waals surface area contributed by atoms with Crippen molar-refractivity contribution in [1.82, 2.24) is 0 Å². The van der Waals surface area contributed by atoms with Crippen molar-refractivity contribution in [3.05, 3.63) is 35.9 Å². The van der Waals surface area contributed by atoms with Crippen molar-refractivity contribution in [1.29, 1.82) is 0 Å². The van der Waals surface area contributed by atoms with Gasteiger partial charge < -0.3 is 15.9 Å². The molecule has 0 aliphatic carbocycles. The number of halogens is 1. The third-order valence-corrected chi connectivity index (χ3v) is 1.77. The zero-order valence-corrected chi connectivity index (χ0v) is 8.15. The summed E-state index contributed by atoms with van der Waals surface area (Å²) < 4.78 is 0. The van der Waals surface area contributed by atoms with Gasteiger partial charge in [0.05, 0.1) is 0 Å². The summed E-state index contributed by atoms with van der Waals surface area (Å²) in [5, 5.41) is 18.0. The van der Waals surface area contributed by atoms with Gasteiger partial charge in [0.1, 0.15) is 12.1 Å². The maximum Gasteiger partial charge on any atom is 0.323 e. The Labute approximate surface area is 87.8 Å². The van der Waals surface area contributed by atoms with Crippen LogP contribution in [0.4, 0.5) is 0 Å². The van der Waals surface area contributed by atoms with E-state index >= 15 is 0 Å². The van der Waals surface area contributed by atoms with Gasteiger partial charge in [-0.1, -0.05) is 30.3 Å². The summed E-state index contributed by atoms with van der Waals surface area (Å²) in [5.41, 5.74) is 5.75. The summed E-state index contributed by atoms with van der Waals surface area (Å²) in [7, 11) is 0. The van der Waals surface area contributed by atoms with Crippen LogP contribution in [-0.4, -0.2) is 22.2 Å². The van der Waals surface area contributed by atoms with E-state index in [4.69, 9.17) is 10.8 Å². The van der Waals surface area contributed by atoms with Gasteiger partial charge in [-0.3, -0.25) is 4.79 Å². The van der Waals surface area contributed by atoms with Crippen LogP contribution >= 0.6 is 12.4 Å². The highest BCUT2D eigenvalue weighted by molar-refractivity contribution is 5.85. The van der Waals surface area contributed by atoms with E-state index in [-0.39, 0.29) is 12.4 Å². The van der Waals surface area contributed by atoms with Gasteiger partial charge in [0.25, 0.3) is 0 Å². The molecule has 0 aliphatic rings. The molecule has 2 atom stereocenters. The number of benzene rings is 1. The van der Waals surface area contributed by atoms with Crippen molar-refractivity contribution < 1.29 is 15.0 Å². The number of carboxylic acids is 1. The molecule has 5 heteroatoms. The minimum absolute atomic E-state index is 0. The summed E-state index contributed by atoms with van der Waals surface area (Å²) in [4.78, 5) is 10.4. The molecule has 0 heterocycles. The largest absolute Gasteiger partial charge is 0.480 e. The van der Waals surface area contributed by atoms with Crippen molar-refractivity contribution in [2.45, 2.75) is 12.1 Å². The Morgan fingerprint density at radius 2 is 1.79 bits per heavy atom. The first-order chi connectivity index (χ1) is 6.13. The van der Waals surface area contributed by atoms with Crippen LogP contribution in [0.2, 0.25) is 0 Å². The highest BCUT2D eigenvalue weighted by atomic mass is 35.5. The number of aliphatic hydroxyl groups is 1. The standard InChI is InChI=1S/C9H11NO3.ClH/c10-7(9(12)13)8(11)6-4-2-1-3-5-6;/h1-5,7-8,11H,10H2,(H,12,13);1H/t7-,8?;/m0./s1. The van der Waals surface area contributed by atoms with E-state index in [0.717, 1.165) is 0 Å². The first-order valence-electron chi connectivity index (χ1n) is 3.84. The predicted molar refractivity (Wildman–Crippen MR) is 54.3 cm³/mol. The Hall–Kier alpha value is -1.10.